The van der Waals surface area contributed by atoms with Gasteiger partial charge in [-0.3, -0.25) is 4.79 Å². The molecule has 0 unspecified atom stereocenters. The number of anilines is 1. The van der Waals surface area contributed by atoms with Crippen molar-refractivity contribution < 1.29 is 4.79 Å². The van der Waals surface area contributed by atoms with Crippen molar-refractivity contribution in [2.45, 2.75) is 33.2 Å². The predicted octanol–water partition coefficient (Wildman–Crippen LogP) is 3.99. The zero-order chi connectivity index (χ0) is 15.9. The Kier molecular flexibility index (Phi) is 4.83. The number of amides is 1. The van der Waals surface area contributed by atoms with Crippen LogP contribution in [-0.4, -0.2) is 11.9 Å². The number of hydrogen-bond acceptors (Lipinski definition) is 2. The number of fused-ring (bicyclic) bond motifs is 3. The lowest BCUT2D eigenvalue weighted by Gasteiger charge is -2.25. The number of nitrogens with two attached hydrogens (primary N) is 1. The lowest BCUT2D eigenvalue weighted by molar-refractivity contribution is -0.119. The van der Waals surface area contributed by atoms with Gasteiger partial charge in [-0.1, -0.05) is 51.1 Å². The zero-order valence-electron chi connectivity index (χ0n) is 13.7. The topological polar surface area (TPSA) is 55.1 Å². The van der Waals surface area contributed by atoms with Crippen LogP contribution in [-0.2, 0) is 11.2 Å². The fourth-order valence-corrected chi connectivity index (χ4v) is 2.84. The van der Waals surface area contributed by atoms with E-state index < -0.39 is 6.04 Å². The number of nitrogens with one attached hydrogen (secondary N) is 1. The highest BCUT2D eigenvalue weighted by Gasteiger charge is 2.27. The van der Waals surface area contributed by atoms with Crippen molar-refractivity contribution in [1.82, 2.24) is 0 Å². The minimum absolute atomic E-state index is 0. The van der Waals surface area contributed by atoms with E-state index in [0.29, 0.717) is 0 Å². The maximum atomic E-state index is 12.2. The molecule has 0 radical (unpaired) electrons. The van der Waals surface area contributed by atoms with E-state index in [1.807, 2.05) is 26.8 Å². The Labute approximate surface area is 143 Å². The molecule has 0 aliphatic heterocycles. The minimum Gasteiger partial charge on any atom is -0.325 e. The first-order valence-corrected chi connectivity index (χ1v) is 7.64. The molecule has 23 heavy (non-hydrogen) atoms. The summed E-state index contributed by atoms with van der Waals surface area (Å²) in [6.45, 7) is 5.91. The average Bonchev–Trinajstić information content (AvgIpc) is 2.83. The number of carbonyl (C=O) groups is 1. The van der Waals surface area contributed by atoms with E-state index in [-0.39, 0.29) is 23.7 Å². The molecule has 0 fully saturated rings. The molecule has 3 N–H and O–H groups in total. The van der Waals surface area contributed by atoms with Crippen LogP contribution in [0.2, 0.25) is 0 Å². The smallest absolute Gasteiger partial charge is 0.241 e. The lowest BCUT2D eigenvalue weighted by atomic mass is 9.87. The lowest BCUT2D eigenvalue weighted by Crippen LogP contribution is -2.45. The van der Waals surface area contributed by atoms with Gasteiger partial charge in [0.05, 0.1) is 6.04 Å². The molecule has 3 rings (SSSR count). The third-order valence-corrected chi connectivity index (χ3v) is 4.28. The van der Waals surface area contributed by atoms with Gasteiger partial charge in [0.1, 0.15) is 0 Å². The number of rotatable bonds is 2. The van der Waals surface area contributed by atoms with E-state index in [9.17, 15) is 4.79 Å². The number of benzene rings is 2. The van der Waals surface area contributed by atoms with Crippen molar-refractivity contribution in [1.29, 1.82) is 0 Å². The summed E-state index contributed by atoms with van der Waals surface area (Å²) in [4.78, 5) is 12.2. The van der Waals surface area contributed by atoms with Crippen LogP contribution >= 0.6 is 12.4 Å². The van der Waals surface area contributed by atoms with Crippen molar-refractivity contribution in [2.75, 3.05) is 5.32 Å². The van der Waals surface area contributed by atoms with Gasteiger partial charge in [0.2, 0.25) is 5.91 Å². The maximum Gasteiger partial charge on any atom is 0.241 e. The van der Waals surface area contributed by atoms with Crippen molar-refractivity contribution in [3.05, 3.63) is 53.6 Å². The molecular weight excluding hydrogens is 308 g/mol. The number of hydrogen-bond donors (Lipinski definition) is 2. The summed E-state index contributed by atoms with van der Waals surface area (Å²) in [6.07, 6.45) is 0.917. The van der Waals surface area contributed by atoms with Crippen LogP contribution in [0.15, 0.2) is 42.5 Å². The van der Waals surface area contributed by atoms with E-state index in [4.69, 9.17) is 5.73 Å². The molecule has 3 nitrogen and oxygen atoms in total. The Hall–Kier alpha value is -1.84. The molecule has 0 aromatic heterocycles. The molecule has 2 aromatic carbocycles. The Morgan fingerprint density at radius 2 is 1.74 bits per heavy atom. The van der Waals surface area contributed by atoms with Crippen molar-refractivity contribution in [3.8, 4) is 11.1 Å². The molecule has 2 aromatic rings. The monoisotopic (exact) mass is 330 g/mol. The highest BCUT2D eigenvalue weighted by Crippen LogP contribution is 2.37. The molecule has 0 spiro atoms. The molecule has 122 valence electrons. The summed E-state index contributed by atoms with van der Waals surface area (Å²) in [7, 11) is 0. The molecule has 4 heteroatoms. The Balaban J connectivity index is 0.00000192. The summed E-state index contributed by atoms with van der Waals surface area (Å²) in [6, 6.07) is 14.0. The second kappa shape index (κ2) is 6.34. The Morgan fingerprint density at radius 3 is 2.43 bits per heavy atom. The molecule has 0 heterocycles. The third kappa shape index (κ3) is 3.41. The number of carbonyl (C=O) groups excluding carboxylic acids is 1. The molecule has 0 saturated heterocycles. The predicted molar refractivity (Wildman–Crippen MR) is 98.0 cm³/mol. The largest absolute Gasteiger partial charge is 0.325 e. The quantitative estimate of drug-likeness (QED) is 0.746. The van der Waals surface area contributed by atoms with E-state index in [1.165, 1.54) is 22.3 Å². The first-order chi connectivity index (χ1) is 10.4. The SMILES string of the molecule is CC(C)(C)[C@H](N)C(=O)Nc1ccc2c(c1)Cc1ccccc1-2.Cl. The fourth-order valence-electron chi connectivity index (χ4n) is 2.84. The average molecular weight is 331 g/mol. The van der Waals surface area contributed by atoms with Crippen molar-refractivity contribution >= 4 is 24.0 Å². The Morgan fingerprint density at radius 1 is 1.09 bits per heavy atom. The van der Waals surface area contributed by atoms with Crippen LogP contribution in [0, 0.1) is 5.41 Å². The van der Waals surface area contributed by atoms with Gasteiger partial charge in [-0.15, -0.1) is 12.4 Å². The standard InChI is InChI=1S/C19H22N2O.ClH/c1-19(2,3)17(20)18(22)21-14-8-9-16-13(11-14)10-12-6-4-5-7-15(12)16;/h4-9,11,17H,10,20H2,1-3H3,(H,21,22);1H/t17-;/m1./s1. The van der Waals surface area contributed by atoms with Crippen LogP contribution < -0.4 is 11.1 Å². The fraction of sp³-hybridized carbons (Fsp3) is 0.316. The third-order valence-electron chi connectivity index (χ3n) is 4.28. The summed E-state index contributed by atoms with van der Waals surface area (Å²) in [5.41, 5.74) is 11.7. The molecule has 0 bridgehead atoms. The van der Waals surface area contributed by atoms with Gasteiger partial charge in [0.25, 0.3) is 0 Å². The molecule has 0 saturated carbocycles. The van der Waals surface area contributed by atoms with Crippen molar-refractivity contribution in [3.63, 3.8) is 0 Å². The molecular formula is C19H23ClN2O. The van der Waals surface area contributed by atoms with Gasteiger partial charge < -0.3 is 11.1 Å². The minimum atomic E-state index is -0.530. The molecule has 1 aliphatic rings. The highest BCUT2D eigenvalue weighted by molar-refractivity contribution is 5.95. The first kappa shape index (κ1) is 17.5. The molecule has 1 amide bonds. The van der Waals surface area contributed by atoms with Gasteiger partial charge in [-0.25, -0.2) is 0 Å². The van der Waals surface area contributed by atoms with E-state index in [0.717, 1.165) is 12.1 Å². The summed E-state index contributed by atoms with van der Waals surface area (Å²) >= 11 is 0. The summed E-state index contributed by atoms with van der Waals surface area (Å²) < 4.78 is 0. The van der Waals surface area contributed by atoms with Crippen LogP contribution in [0.25, 0.3) is 11.1 Å². The van der Waals surface area contributed by atoms with Crippen molar-refractivity contribution in [2.24, 2.45) is 11.1 Å². The van der Waals surface area contributed by atoms with Gasteiger partial charge in [0.15, 0.2) is 0 Å². The Bertz CT molecular complexity index is 734. The van der Waals surface area contributed by atoms with Crippen LogP contribution in [0.5, 0.6) is 0 Å². The summed E-state index contributed by atoms with van der Waals surface area (Å²) in [5.74, 6) is -0.136. The van der Waals surface area contributed by atoms with Gasteiger partial charge in [-0.05, 0) is 46.2 Å². The van der Waals surface area contributed by atoms with E-state index in [2.05, 4.69) is 41.7 Å². The maximum absolute atomic E-state index is 12.2. The van der Waals surface area contributed by atoms with Gasteiger partial charge in [-0.2, -0.15) is 0 Å². The molecule has 1 aliphatic carbocycles. The molecule has 1 atom stereocenters. The normalized spacial score (nSPS) is 13.6. The highest BCUT2D eigenvalue weighted by atomic mass is 35.5. The first-order valence-electron chi connectivity index (χ1n) is 7.64. The second-order valence-electron chi connectivity index (χ2n) is 7.04. The van der Waals surface area contributed by atoms with E-state index >= 15 is 0 Å². The van der Waals surface area contributed by atoms with Crippen LogP contribution in [0.3, 0.4) is 0 Å². The van der Waals surface area contributed by atoms with E-state index in [1.54, 1.807) is 0 Å². The zero-order valence-corrected chi connectivity index (χ0v) is 14.5. The van der Waals surface area contributed by atoms with Crippen LogP contribution in [0.1, 0.15) is 31.9 Å². The second-order valence-corrected chi connectivity index (χ2v) is 7.04. The van der Waals surface area contributed by atoms with Crippen LogP contribution in [0.4, 0.5) is 5.69 Å². The summed E-state index contributed by atoms with van der Waals surface area (Å²) in [5, 5.41) is 2.94. The number of halogens is 1. The van der Waals surface area contributed by atoms with Gasteiger partial charge >= 0.3 is 0 Å². The van der Waals surface area contributed by atoms with Gasteiger partial charge in [0, 0.05) is 5.69 Å².